The third-order valence-corrected chi connectivity index (χ3v) is 4.83. The van der Waals surface area contributed by atoms with Crippen molar-refractivity contribution in [2.75, 3.05) is 26.7 Å². The van der Waals surface area contributed by atoms with Crippen LogP contribution < -0.4 is 10.1 Å². The Bertz CT molecular complexity index is 429. The number of nitrogens with one attached hydrogen (secondary N) is 1. The zero-order valence-electron chi connectivity index (χ0n) is 12.5. The minimum Gasteiger partial charge on any atom is -0.492 e. The lowest BCUT2D eigenvalue weighted by molar-refractivity contribution is 0.188. The van der Waals surface area contributed by atoms with Crippen LogP contribution in [0.15, 0.2) is 24.3 Å². The lowest BCUT2D eigenvalue weighted by Crippen LogP contribution is -2.44. The van der Waals surface area contributed by atoms with Gasteiger partial charge in [-0.05, 0) is 31.9 Å². The van der Waals surface area contributed by atoms with E-state index >= 15 is 0 Å². The standard InChI is InChI=1S/C17H26N2O/c1-18-16(14-6-2-3-7-14)13-19-10-11-20-17-9-5-4-8-15(17)12-19/h4-5,8-9,14,16,18H,2-3,6-7,10-13H2,1H3. The molecule has 0 spiro atoms. The van der Waals surface area contributed by atoms with E-state index in [0.29, 0.717) is 6.04 Å². The van der Waals surface area contributed by atoms with Gasteiger partial charge in [-0.2, -0.15) is 0 Å². The maximum Gasteiger partial charge on any atom is 0.123 e. The number of ether oxygens (including phenoxy) is 1. The van der Waals surface area contributed by atoms with Gasteiger partial charge in [-0.15, -0.1) is 0 Å². The molecule has 1 heterocycles. The maximum atomic E-state index is 5.86. The smallest absolute Gasteiger partial charge is 0.123 e. The molecule has 0 bridgehead atoms. The SMILES string of the molecule is CNC(CN1CCOc2ccccc2C1)C1CCCC1. The van der Waals surface area contributed by atoms with Crippen molar-refractivity contribution in [1.29, 1.82) is 0 Å². The summed E-state index contributed by atoms with van der Waals surface area (Å²) in [6, 6.07) is 9.08. The van der Waals surface area contributed by atoms with Crippen molar-refractivity contribution in [3.05, 3.63) is 29.8 Å². The summed E-state index contributed by atoms with van der Waals surface area (Å²) in [5, 5.41) is 3.55. The molecule has 0 amide bonds. The van der Waals surface area contributed by atoms with Gasteiger partial charge >= 0.3 is 0 Å². The second-order valence-corrected chi connectivity index (χ2v) is 6.13. The molecule has 0 saturated heterocycles. The molecule has 3 rings (SSSR count). The summed E-state index contributed by atoms with van der Waals surface area (Å²) < 4.78 is 5.86. The van der Waals surface area contributed by atoms with Gasteiger partial charge in [-0.3, -0.25) is 4.90 Å². The fourth-order valence-electron chi connectivity index (χ4n) is 3.65. The molecular formula is C17H26N2O. The first-order valence-electron chi connectivity index (χ1n) is 7.97. The molecule has 1 atom stereocenters. The molecule has 1 fully saturated rings. The second kappa shape index (κ2) is 6.59. The summed E-state index contributed by atoms with van der Waals surface area (Å²) in [4.78, 5) is 2.55. The van der Waals surface area contributed by atoms with Crippen molar-refractivity contribution in [3.63, 3.8) is 0 Å². The van der Waals surface area contributed by atoms with Crippen LogP contribution >= 0.6 is 0 Å². The molecule has 0 aromatic heterocycles. The third-order valence-electron chi connectivity index (χ3n) is 4.83. The van der Waals surface area contributed by atoms with E-state index in [1.54, 1.807) is 0 Å². The lowest BCUT2D eigenvalue weighted by atomic mass is 9.97. The highest BCUT2D eigenvalue weighted by molar-refractivity contribution is 5.33. The number of fused-ring (bicyclic) bond motifs is 1. The van der Waals surface area contributed by atoms with Gasteiger partial charge in [0.1, 0.15) is 12.4 Å². The summed E-state index contributed by atoms with van der Waals surface area (Å²) in [5.41, 5.74) is 1.33. The average molecular weight is 274 g/mol. The van der Waals surface area contributed by atoms with Crippen molar-refractivity contribution < 1.29 is 4.74 Å². The number of nitrogens with zero attached hydrogens (tertiary/aromatic N) is 1. The predicted octanol–water partition coefficient (Wildman–Crippen LogP) is 2.66. The molecule has 1 aliphatic carbocycles. The maximum absolute atomic E-state index is 5.86. The Morgan fingerprint density at radius 1 is 1.30 bits per heavy atom. The third kappa shape index (κ3) is 3.15. The van der Waals surface area contributed by atoms with Gasteiger partial charge in [0.25, 0.3) is 0 Å². The van der Waals surface area contributed by atoms with E-state index in [-0.39, 0.29) is 0 Å². The highest BCUT2D eigenvalue weighted by Gasteiger charge is 2.26. The van der Waals surface area contributed by atoms with Gasteiger partial charge in [0.2, 0.25) is 0 Å². The monoisotopic (exact) mass is 274 g/mol. The first-order chi connectivity index (χ1) is 9.86. The largest absolute Gasteiger partial charge is 0.492 e. The van der Waals surface area contributed by atoms with Gasteiger partial charge in [0.15, 0.2) is 0 Å². The number of hydrogen-bond donors (Lipinski definition) is 1. The number of para-hydroxylation sites is 1. The van der Waals surface area contributed by atoms with E-state index in [9.17, 15) is 0 Å². The van der Waals surface area contributed by atoms with E-state index in [2.05, 4.69) is 41.5 Å². The van der Waals surface area contributed by atoms with Gasteiger partial charge in [0.05, 0.1) is 0 Å². The quantitative estimate of drug-likeness (QED) is 0.913. The van der Waals surface area contributed by atoms with Crippen LogP contribution in [-0.2, 0) is 6.54 Å². The van der Waals surface area contributed by atoms with Crippen molar-refractivity contribution >= 4 is 0 Å². The Morgan fingerprint density at radius 3 is 2.90 bits per heavy atom. The fraction of sp³-hybridized carbons (Fsp3) is 0.647. The van der Waals surface area contributed by atoms with Crippen LogP contribution in [0, 0.1) is 5.92 Å². The van der Waals surface area contributed by atoms with Crippen molar-refractivity contribution in [2.45, 2.75) is 38.3 Å². The van der Waals surface area contributed by atoms with E-state index in [1.807, 2.05) is 0 Å². The van der Waals surface area contributed by atoms with Crippen LogP contribution in [0.5, 0.6) is 5.75 Å². The van der Waals surface area contributed by atoms with E-state index in [4.69, 9.17) is 4.74 Å². The summed E-state index contributed by atoms with van der Waals surface area (Å²) in [7, 11) is 2.12. The zero-order chi connectivity index (χ0) is 13.8. The van der Waals surface area contributed by atoms with E-state index in [0.717, 1.165) is 37.9 Å². The molecule has 3 nitrogen and oxygen atoms in total. The molecule has 110 valence electrons. The minimum absolute atomic E-state index is 0.628. The van der Waals surface area contributed by atoms with Crippen LogP contribution in [0.25, 0.3) is 0 Å². The van der Waals surface area contributed by atoms with Crippen LogP contribution in [0.2, 0.25) is 0 Å². The molecule has 2 aliphatic rings. The number of likely N-dealkylation sites (N-methyl/N-ethyl adjacent to an activating group) is 1. The number of benzene rings is 1. The fourth-order valence-corrected chi connectivity index (χ4v) is 3.65. The Labute approximate surface area is 122 Å². The summed E-state index contributed by atoms with van der Waals surface area (Å²) in [6.45, 7) is 3.98. The Morgan fingerprint density at radius 2 is 2.10 bits per heavy atom. The Kier molecular flexibility index (Phi) is 4.58. The highest BCUT2D eigenvalue weighted by atomic mass is 16.5. The van der Waals surface area contributed by atoms with Crippen molar-refractivity contribution in [2.24, 2.45) is 5.92 Å². The number of hydrogen-bond acceptors (Lipinski definition) is 3. The Hall–Kier alpha value is -1.06. The number of rotatable bonds is 4. The summed E-state index contributed by atoms with van der Waals surface area (Å²) in [6.07, 6.45) is 5.61. The molecule has 1 aliphatic heterocycles. The Balaban J connectivity index is 1.65. The van der Waals surface area contributed by atoms with Gasteiger partial charge < -0.3 is 10.1 Å². The van der Waals surface area contributed by atoms with Crippen LogP contribution in [0.4, 0.5) is 0 Å². The zero-order valence-corrected chi connectivity index (χ0v) is 12.5. The molecule has 1 aromatic carbocycles. The van der Waals surface area contributed by atoms with Crippen molar-refractivity contribution in [1.82, 2.24) is 10.2 Å². The van der Waals surface area contributed by atoms with Crippen LogP contribution in [0.1, 0.15) is 31.2 Å². The van der Waals surface area contributed by atoms with E-state index in [1.165, 1.54) is 31.2 Å². The topological polar surface area (TPSA) is 24.5 Å². The van der Waals surface area contributed by atoms with Crippen LogP contribution in [-0.4, -0.2) is 37.7 Å². The predicted molar refractivity (Wildman–Crippen MR) is 82.0 cm³/mol. The first kappa shape index (κ1) is 13.9. The lowest BCUT2D eigenvalue weighted by Gasteiger charge is -2.29. The van der Waals surface area contributed by atoms with Gasteiger partial charge in [-0.25, -0.2) is 0 Å². The molecule has 0 radical (unpaired) electrons. The molecule has 1 unspecified atom stereocenters. The second-order valence-electron chi connectivity index (χ2n) is 6.13. The van der Waals surface area contributed by atoms with Gasteiger partial charge in [-0.1, -0.05) is 31.0 Å². The normalized spacial score (nSPS) is 22.1. The molecule has 20 heavy (non-hydrogen) atoms. The summed E-state index contributed by atoms with van der Waals surface area (Å²) >= 11 is 0. The van der Waals surface area contributed by atoms with Crippen molar-refractivity contribution in [3.8, 4) is 5.75 Å². The van der Waals surface area contributed by atoms with Crippen LogP contribution in [0.3, 0.4) is 0 Å². The first-order valence-corrected chi connectivity index (χ1v) is 7.97. The molecule has 1 saturated carbocycles. The summed E-state index contributed by atoms with van der Waals surface area (Å²) in [5.74, 6) is 1.93. The highest BCUT2D eigenvalue weighted by Crippen LogP contribution is 2.29. The average Bonchev–Trinajstić information content (AvgIpc) is 2.92. The molecule has 1 aromatic rings. The van der Waals surface area contributed by atoms with Gasteiger partial charge in [0, 0.05) is 31.2 Å². The minimum atomic E-state index is 0.628. The molecule has 1 N–H and O–H groups in total. The molecule has 3 heteroatoms. The molecular weight excluding hydrogens is 248 g/mol. The van der Waals surface area contributed by atoms with E-state index < -0.39 is 0 Å².